The average molecular weight is 526 g/mol. The molecule has 1 N–H and O–H groups in total. The van der Waals surface area contributed by atoms with Crippen LogP contribution in [-0.2, 0) is 17.5 Å². The number of rotatable bonds is 8. The Balaban J connectivity index is 0.00000400. The molecule has 4 aromatic rings. The molecule has 1 heterocycles. The van der Waals surface area contributed by atoms with Crippen molar-refractivity contribution in [2.75, 3.05) is 7.05 Å². The fourth-order valence-corrected chi connectivity index (χ4v) is 4.36. The number of aliphatic carboxylic acids is 1. The van der Waals surface area contributed by atoms with Crippen LogP contribution in [0.25, 0.3) is 34.0 Å². The third kappa shape index (κ3) is 6.11. The predicted molar refractivity (Wildman–Crippen MR) is 140 cm³/mol. The van der Waals surface area contributed by atoms with Crippen molar-refractivity contribution >= 4 is 5.97 Å². The topological polar surface area (TPSA) is 79.5 Å². The van der Waals surface area contributed by atoms with Crippen LogP contribution in [0.3, 0.4) is 0 Å². The zero-order chi connectivity index (χ0) is 26.7. The Morgan fingerprint density at radius 1 is 1.03 bits per heavy atom. The van der Waals surface area contributed by atoms with E-state index in [1.807, 2.05) is 19.1 Å². The van der Waals surface area contributed by atoms with Crippen molar-refractivity contribution in [3.8, 4) is 34.0 Å². The first-order valence-corrected chi connectivity index (χ1v) is 11.7. The number of aryl methyl sites for hydroxylation is 1. The zero-order valence-corrected chi connectivity index (χ0v) is 20.6. The Morgan fingerprint density at radius 3 is 2.42 bits per heavy atom. The molecule has 0 fully saturated rings. The first-order valence-electron chi connectivity index (χ1n) is 11.7. The van der Waals surface area contributed by atoms with E-state index >= 15 is 0 Å². The summed E-state index contributed by atoms with van der Waals surface area (Å²) in [5, 5.41) is 13.4. The van der Waals surface area contributed by atoms with Gasteiger partial charge in [0.2, 0.25) is 5.82 Å². The molecule has 1 aromatic heterocycles. The van der Waals surface area contributed by atoms with Gasteiger partial charge in [0.05, 0.1) is 5.56 Å². The van der Waals surface area contributed by atoms with Gasteiger partial charge in [0.25, 0.3) is 5.89 Å². The maximum atomic E-state index is 14.0. The lowest BCUT2D eigenvalue weighted by atomic mass is 9.94. The van der Waals surface area contributed by atoms with Gasteiger partial charge in [-0.1, -0.05) is 68.0 Å². The number of alkyl halides is 3. The number of likely N-dealkylation sites (N-methyl/N-ethyl adjacent to an activating group) is 1. The molecule has 0 spiro atoms. The van der Waals surface area contributed by atoms with Crippen molar-refractivity contribution in [1.82, 2.24) is 15.0 Å². The van der Waals surface area contributed by atoms with E-state index in [2.05, 4.69) is 10.1 Å². The smallest absolute Gasteiger partial charge is 0.417 e. The van der Waals surface area contributed by atoms with Gasteiger partial charge in [-0.3, -0.25) is 9.69 Å². The van der Waals surface area contributed by atoms with Crippen molar-refractivity contribution < 1.29 is 27.6 Å². The Morgan fingerprint density at radius 2 is 1.76 bits per heavy atom. The summed E-state index contributed by atoms with van der Waals surface area (Å²) in [7, 11) is 1.74. The van der Waals surface area contributed by atoms with Gasteiger partial charge in [-0.25, -0.2) is 0 Å². The van der Waals surface area contributed by atoms with E-state index in [0.717, 1.165) is 17.2 Å². The highest BCUT2D eigenvalue weighted by Crippen LogP contribution is 2.40. The van der Waals surface area contributed by atoms with E-state index in [1.165, 1.54) is 12.1 Å². The Labute approximate surface area is 219 Å². The lowest BCUT2D eigenvalue weighted by Crippen LogP contribution is -2.37. The van der Waals surface area contributed by atoms with Crippen LogP contribution in [-0.4, -0.2) is 39.2 Å². The Kier molecular flexibility index (Phi) is 8.73. The van der Waals surface area contributed by atoms with Crippen molar-refractivity contribution in [1.29, 1.82) is 0 Å². The van der Waals surface area contributed by atoms with E-state index in [0.29, 0.717) is 24.1 Å². The van der Waals surface area contributed by atoms with Crippen LogP contribution in [0.2, 0.25) is 0 Å². The normalized spacial score (nSPS) is 12.3. The molecule has 4 rings (SSSR count). The average Bonchev–Trinajstić information content (AvgIpc) is 3.34. The number of carboxylic acids is 1. The van der Waals surface area contributed by atoms with Gasteiger partial charge in [-0.15, -0.1) is 0 Å². The van der Waals surface area contributed by atoms with Crippen LogP contribution in [0, 0.1) is 6.92 Å². The van der Waals surface area contributed by atoms with Crippen LogP contribution < -0.4 is 0 Å². The fraction of sp³-hybridized carbons (Fsp3) is 0.276. The molecule has 3 aromatic carbocycles. The summed E-state index contributed by atoms with van der Waals surface area (Å²) in [5.41, 5.74) is 2.14. The van der Waals surface area contributed by atoms with E-state index in [-0.39, 0.29) is 30.3 Å². The quantitative estimate of drug-likeness (QED) is 0.259. The van der Waals surface area contributed by atoms with E-state index in [9.17, 15) is 23.1 Å². The molecule has 0 radical (unpaired) electrons. The number of aromatic nitrogens is 2. The van der Waals surface area contributed by atoms with Crippen molar-refractivity contribution in [3.63, 3.8) is 0 Å². The molecule has 0 amide bonds. The highest BCUT2D eigenvalue weighted by molar-refractivity contribution is 5.75. The van der Waals surface area contributed by atoms with Gasteiger partial charge in [0, 0.05) is 17.7 Å². The van der Waals surface area contributed by atoms with Crippen molar-refractivity contribution in [2.45, 2.75) is 46.5 Å². The number of carboxylic acid groups (broad SMARTS) is 1. The largest absolute Gasteiger partial charge is 0.480 e. The highest BCUT2D eigenvalue weighted by atomic mass is 19.4. The van der Waals surface area contributed by atoms with E-state index < -0.39 is 23.8 Å². The first-order chi connectivity index (χ1) is 17.6. The molecule has 0 bridgehead atoms. The third-order valence-electron chi connectivity index (χ3n) is 6.25. The number of hydrogen-bond donors (Lipinski definition) is 1. The van der Waals surface area contributed by atoms with Crippen LogP contribution >= 0.6 is 0 Å². The number of hydrogen-bond acceptors (Lipinski definition) is 5. The van der Waals surface area contributed by atoms with Crippen LogP contribution in [0.15, 0.2) is 71.3 Å². The molecule has 200 valence electrons. The standard InChI is InChI=1S/C28H26F3N3O3.CH4/c1-4-24(27(35)36)34(3)16-18-9-7-10-19(14-18)25-32-26(37-33-25)20-12-13-22(23(15-20)28(29,30)31)21-11-6-5-8-17(21)2;/h5-15,24H,4,16H2,1-3H3,(H,35,36);1H4/t24-;/m0./s1. The van der Waals surface area contributed by atoms with Gasteiger partial charge in [-0.2, -0.15) is 18.2 Å². The van der Waals surface area contributed by atoms with E-state index in [1.54, 1.807) is 55.3 Å². The highest BCUT2D eigenvalue weighted by Gasteiger charge is 2.34. The molecule has 9 heteroatoms. The Bertz CT molecular complexity index is 1420. The van der Waals surface area contributed by atoms with Crippen LogP contribution in [0.4, 0.5) is 13.2 Å². The van der Waals surface area contributed by atoms with Gasteiger partial charge in [0.1, 0.15) is 6.04 Å². The molecule has 0 aliphatic heterocycles. The molecule has 0 saturated heterocycles. The third-order valence-corrected chi connectivity index (χ3v) is 6.25. The second-order valence-corrected chi connectivity index (χ2v) is 8.87. The molecular weight excluding hydrogens is 495 g/mol. The van der Waals surface area contributed by atoms with Gasteiger partial charge in [0.15, 0.2) is 0 Å². The maximum absolute atomic E-state index is 14.0. The number of nitrogens with zero attached hydrogens (tertiary/aromatic N) is 3. The second-order valence-electron chi connectivity index (χ2n) is 8.87. The minimum absolute atomic E-state index is 0. The zero-order valence-electron chi connectivity index (χ0n) is 20.6. The number of halogens is 3. The van der Waals surface area contributed by atoms with Crippen molar-refractivity contribution in [3.05, 3.63) is 83.4 Å². The minimum Gasteiger partial charge on any atom is -0.480 e. The molecular formula is C29H30F3N3O3. The van der Waals surface area contributed by atoms with Crippen LogP contribution in [0.5, 0.6) is 0 Å². The maximum Gasteiger partial charge on any atom is 0.417 e. The van der Waals surface area contributed by atoms with Crippen LogP contribution in [0.1, 0.15) is 37.5 Å². The Hall–Kier alpha value is -3.98. The van der Waals surface area contributed by atoms with Gasteiger partial charge < -0.3 is 9.63 Å². The second kappa shape index (κ2) is 11.6. The summed E-state index contributed by atoms with van der Waals surface area (Å²) in [6.45, 7) is 3.96. The summed E-state index contributed by atoms with van der Waals surface area (Å²) < 4.78 is 47.3. The fourth-order valence-electron chi connectivity index (χ4n) is 4.36. The van der Waals surface area contributed by atoms with E-state index in [4.69, 9.17) is 4.52 Å². The number of benzene rings is 3. The summed E-state index contributed by atoms with van der Waals surface area (Å²) in [5.74, 6) is -0.701. The lowest BCUT2D eigenvalue weighted by molar-refractivity contribution is -0.143. The molecule has 0 aliphatic rings. The molecule has 1 atom stereocenters. The monoisotopic (exact) mass is 525 g/mol. The first kappa shape index (κ1) is 28.6. The SMILES string of the molecule is C.CC[C@@H](C(=O)O)N(C)Cc1cccc(-c2noc(-c3ccc(-c4ccccc4C)c(C(F)(F)F)c3)n2)c1. The summed E-state index contributed by atoms with van der Waals surface area (Å²) >= 11 is 0. The molecule has 38 heavy (non-hydrogen) atoms. The summed E-state index contributed by atoms with van der Waals surface area (Å²) in [6.07, 6.45) is -4.12. The summed E-state index contributed by atoms with van der Waals surface area (Å²) in [6, 6.07) is 17.5. The molecule has 0 aliphatic carbocycles. The van der Waals surface area contributed by atoms with Gasteiger partial charge in [-0.05, 0) is 60.8 Å². The van der Waals surface area contributed by atoms with Crippen molar-refractivity contribution in [2.24, 2.45) is 0 Å². The molecule has 6 nitrogen and oxygen atoms in total. The molecule has 0 unspecified atom stereocenters. The predicted octanol–water partition coefficient (Wildman–Crippen LogP) is 7.33. The minimum atomic E-state index is -4.58. The summed E-state index contributed by atoms with van der Waals surface area (Å²) in [4.78, 5) is 17.5. The number of carbonyl (C=O) groups is 1. The van der Waals surface area contributed by atoms with Gasteiger partial charge >= 0.3 is 12.1 Å². The molecule has 0 saturated carbocycles. The lowest BCUT2D eigenvalue weighted by Gasteiger charge is -2.23.